The van der Waals surface area contributed by atoms with Crippen molar-refractivity contribution >= 4 is 21.6 Å². The van der Waals surface area contributed by atoms with Crippen LogP contribution in [-0.2, 0) is 20.6 Å². The molecule has 0 bridgehead atoms. The lowest BCUT2D eigenvalue weighted by molar-refractivity contribution is -0.457. The predicted octanol–water partition coefficient (Wildman–Crippen LogP) is 11.4. The van der Waals surface area contributed by atoms with Crippen LogP contribution in [0.25, 0.3) is 0 Å². The standard InChI is InChI=1S/C39H58F9NO4S2/c1-34(2,55-54-25-9-7-6-8-21-50-5)18-22-51-28-11-13-29-27(26-28)10-12-31-30(29)16-17-35(3)32(31)14-15-33(35)52-23-19-49(4)20-24-53-36(37(40,41)42,38(43,44)45)39(46,47)48/h11,13,26,30-33H,6-10,12,14-25H2,1-5H3. The number of rotatable bonds is 21. The number of fused-ring (bicyclic) bond motifs is 5. The number of methoxy groups -OCH3 is 1. The molecule has 3 aliphatic rings. The smallest absolute Gasteiger partial charge is 0.435 e. The molecule has 0 aromatic heterocycles. The van der Waals surface area contributed by atoms with Crippen molar-refractivity contribution in [1.82, 2.24) is 4.90 Å². The number of ether oxygens (including phenoxy) is 4. The van der Waals surface area contributed by atoms with Gasteiger partial charge in [0.1, 0.15) is 5.75 Å². The molecule has 55 heavy (non-hydrogen) atoms. The Balaban J connectivity index is 1.21. The second kappa shape index (κ2) is 19.3. The van der Waals surface area contributed by atoms with Crippen LogP contribution in [0, 0.1) is 17.3 Å². The van der Waals surface area contributed by atoms with Gasteiger partial charge in [0, 0.05) is 37.3 Å². The Morgan fingerprint density at radius 3 is 2.16 bits per heavy atom. The molecule has 5 nitrogen and oxygen atoms in total. The zero-order valence-electron chi connectivity index (χ0n) is 32.6. The highest BCUT2D eigenvalue weighted by molar-refractivity contribution is 8.77. The maximum absolute atomic E-state index is 13.2. The maximum atomic E-state index is 13.2. The summed E-state index contributed by atoms with van der Waals surface area (Å²) in [6, 6.07) is 6.57. The Bertz CT molecular complexity index is 1310. The number of unbranched alkanes of at least 4 members (excludes halogenated alkanes) is 3. The highest BCUT2D eigenvalue weighted by atomic mass is 33.1. The van der Waals surface area contributed by atoms with Gasteiger partial charge < -0.3 is 23.8 Å². The number of hydrogen-bond acceptors (Lipinski definition) is 7. The van der Waals surface area contributed by atoms with Crippen LogP contribution in [0.5, 0.6) is 5.75 Å². The summed E-state index contributed by atoms with van der Waals surface area (Å²) in [7, 11) is 7.01. The van der Waals surface area contributed by atoms with Gasteiger partial charge in [-0.3, -0.25) is 0 Å². The van der Waals surface area contributed by atoms with Crippen molar-refractivity contribution in [3.05, 3.63) is 29.3 Å². The van der Waals surface area contributed by atoms with Gasteiger partial charge in [-0.15, -0.1) is 0 Å². The third-order valence-corrected chi connectivity index (χ3v) is 15.4. The molecule has 0 aliphatic heterocycles. The van der Waals surface area contributed by atoms with Gasteiger partial charge in [0.05, 0.1) is 25.9 Å². The van der Waals surface area contributed by atoms with Gasteiger partial charge in [0.25, 0.3) is 0 Å². The third kappa shape index (κ3) is 11.4. The SMILES string of the molecule is COCCCCCCSSC(C)(C)CCOc1ccc2c(c1)CCC1C2CCC2(C)C(OCCN(C)CCOC(C(F)(F)F)(C(F)(F)F)C(F)(F)F)CCC12. The largest absolute Gasteiger partial charge is 0.494 e. The van der Waals surface area contributed by atoms with Crippen molar-refractivity contribution in [2.24, 2.45) is 17.3 Å². The van der Waals surface area contributed by atoms with Crippen LogP contribution in [0.15, 0.2) is 18.2 Å². The molecule has 5 unspecified atom stereocenters. The summed E-state index contributed by atoms with van der Waals surface area (Å²) in [6.07, 6.45) is -8.71. The van der Waals surface area contributed by atoms with E-state index in [1.54, 1.807) is 7.11 Å². The molecule has 0 N–H and O–H groups in total. The van der Waals surface area contributed by atoms with Gasteiger partial charge in [0.2, 0.25) is 0 Å². The van der Waals surface area contributed by atoms with Crippen LogP contribution in [-0.4, -0.2) is 99.3 Å². The molecule has 5 atom stereocenters. The second-order valence-corrected chi connectivity index (χ2v) is 19.4. The van der Waals surface area contributed by atoms with Gasteiger partial charge >= 0.3 is 24.1 Å². The molecule has 0 amide bonds. The minimum atomic E-state index is -6.74. The van der Waals surface area contributed by atoms with Crippen molar-refractivity contribution in [2.75, 3.05) is 59.4 Å². The predicted molar refractivity (Wildman–Crippen MR) is 200 cm³/mol. The molecular formula is C39H58F9NO4S2. The molecule has 3 aliphatic carbocycles. The van der Waals surface area contributed by atoms with Gasteiger partial charge in [-0.1, -0.05) is 47.4 Å². The Hall–Kier alpha value is -1.07. The number of aryl methyl sites for hydroxylation is 1. The highest BCUT2D eigenvalue weighted by Gasteiger charge is 2.85. The first-order chi connectivity index (χ1) is 25.7. The van der Waals surface area contributed by atoms with Crippen LogP contribution < -0.4 is 4.74 Å². The van der Waals surface area contributed by atoms with Crippen LogP contribution in [0.2, 0.25) is 0 Å². The van der Waals surface area contributed by atoms with Crippen LogP contribution in [0.1, 0.15) is 102 Å². The third-order valence-electron chi connectivity index (χ3n) is 12.0. The first kappa shape index (κ1) is 46.6. The maximum Gasteiger partial charge on any atom is 0.435 e. The summed E-state index contributed by atoms with van der Waals surface area (Å²) in [5.41, 5.74) is -3.58. The minimum Gasteiger partial charge on any atom is -0.494 e. The van der Waals surface area contributed by atoms with E-state index in [9.17, 15) is 39.5 Å². The van der Waals surface area contributed by atoms with E-state index in [1.165, 1.54) is 42.3 Å². The lowest BCUT2D eigenvalue weighted by Crippen LogP contribution is -2.68. The molecule has 0 radical (unpaired) electrons. The van der Waals surface area contributed by atoms with Crippen molar-refractivity contribution in [1.29, 1.82) is 0 Å². The number of halogens is 9. The summed E-state index contributed by atoms with van der Waals surface area (Å²) in [5.74, 6) is 3.46. The lowest BCUT2D eigenvalue weighted by atomic mass is 9.55. The number of nitrogens with zero attached hydrogens (tertiary/aromatic N) is 1. The van der Waals surface area contributed by atoms with E-state index in [1.807, 2.05) is 21.6 Å². The Morgan fingerprint density at radius 1 is 0.818 bits per heavy atom. The average Bonchev–Trinajstić information content (AvgIpc) is 3.41. The first-order valence-electron chi connectivity index (χ1n) is 19.4. The summed E-state index contributed by atoms with van der Waals surface area (Å²) >= 11 is 0. The van der Waals surface area contributed by atoms with Crippen LogP contribution in [0.3, 0.4) is 0 Å². The van der Waals surface area contributed by atoms with E-state index in [-0.39, 0.29) is 29.4 Å². The molecule has 0 saturated heterocycles. The second-order valence-electron chi connectivity index (χ2n) is 16.3. The molecule has 4 rings (SSSR count). The Kier molecular flexibility index (Phi) is 16.4. The Morgan fingerprint density at radius 2 is 1.49 bits per heavy atom. The molecule has 16 heteroatoms. The van der Waals surface area contributed by atoms with Gasteiger partial charge in [-0.05, 0) is 125 Å². The fourth-order valence-corrected chi connectivity index (χ4v) is 11.5. The molecule has 0 heterocycles. The van der Waals surface area contributed by atoms with Crippen LogP contribution in [0.4, 0.5) is 39.5 Å². The van der Waals surface area contributed by atoms with Gasteiger partial charge in [0.15, 0.2) is 0 Å². The van der Waals surface area contributed by atoms with E-state index in [0.717, 1.165) is 69.5 Å². The summed E-state index contributed by atoms with van der Waals surface area (Å²) in [5, 5.41) is 0. The minimum absolute atomic E-state index is 0.0690. The first-order valence-corrected chi connectivity index (χ1v) is 21.7. The molecule has 2 saturated carbocycles. The summed E-state index contributed by atoms with van der Waals surface area (Å²) < 4.78 is 140. The molecule has 2 fully saturated rings. The normalized spacial score (nSPS) is 24.9. The zero-order valence-corrected chi connectivity index (χ0v) is 34.2. The molecule has 0 spiro atoms. The van der Waals surface area contributed by atoms with E-state index < -0.39 is 37.3 Å². The van der Waals surface area contributed by atoms with Crippen molar-refractivity contribution in [2.45, 2.75) is 132 Å². The summed E-state index contributed by atoms with van der Waals surface area (Å²) in [4.78, 5) is 1.31. The summed E-state index contributed by atoms with van der Waals surface area (Å²) in [6.45, 7) is 6.51. The molecule has 1 aromatic rings. The quantitative estimate of drug-likeness (QED) is 0.0694. The zero-order chi connectivity index (χ0) is 40.7. The topological polar surface area (TPSA) is 40.2 Å². The van der Waals surface area contributed by atoms with E-state index in [2.05, 4.69) is 43.7 Å². The van der Waals surface area contributed by atoms with E-state index >= 15 is 0 Å². The number of hydrogen-bond donors (Lipinski definition) is 0. The van der Waals surface area contributed by atoms with Gasteiger partial charge in [-0.2, -0.15) is 39.5 Å². The number of alkyl halides is 9. The monoisotopic (exact) mass is 839 g/mol. The molecule has 318 valence electrons. The molecular weight excluding hydrogens is 782 g/mol. The van der Waals surface area contributed by atoms with Crippen molar-refractivity contribution in [3.63, 3.8) is 0 Å². The Labute approximate surface area is 328 Å². The molecule has 1 aromatic carbocycles. The van der Waals surface area contributed by atoms with Crippen molar-refractivity contribution in [3.8, 4) is 5.75 Å². The van der Waals surface area contributed by atoms with Crippen LogP contribution >= 0.6 is 21.6 Å². The van der Waals surface area contributed by atoms with Crippen molar-refractivity contribution < 1.29 is 58.5 Å². The number of likely N-dealkylation sites (N-methyl/N-ethyl adjacent to an activating group) is 1. The average molecular weight is 840 g/mol. The lowest BCUT2D eigenvalue weighted by Gasteiger charge is -2.50. The fourth-order valence-electron chi connectivity index (χ4n) is 8.84. The highest BCUT2D eigenvalue weighted by Crippen LogP contribution is 2.62. The van der Waals surface area contributed by atoms with E-state index in [4.69, 9.17) is 14.2 Å². The van der Waals surface area contributed by atoms with E-state index in [0.29, 0.717) is 24.4 Å². The van der Waals surface area contributed by atoms with Gasteiger partial charge in [-0.25, -0.2) is 0 Å². The fraction of sp³-hybridized carbons (Fsp3) is 0.846. The number of benzene rings is 1.